The number of para-hydroxylation sites is 1. The maximum Gasteiger partial charge on any atom is 0.149 e. The molecule has 2 rings (SSSR count). The van der Waals surface area contributed by atoms with E-state index in [0.29, 0.717) is 29.5 Å². The molecule has 0 bridgehead atoms. The van der Waals surface area contributed by atoms with E-state index in [1.54, 1.807) is 13.2 Å². The summed E-state index contributed by atoms with van der Waals surface area (Å²) < 4.78 is 12.8. The average Bonchev–Trinajstić information content (AvgIpc) is 2.46. The van der Waals surface area contributed by atoms with Crippen molar-refractivity contribution < 1.29 is 9.47 Å². The molecular weight excluding hydrogens is 421 g/mol. The minimum Gasteiger partial charge on any atom is -0.496 e. The summed E-state index contributed by atoms with van der Waals surface area (Å²) in [5, 5.41) is 0.555. The Balaban J connectivity index is 2.41. The Morgan fingerprint density at radius 3 is 2.48 bits per heavy atom. The van der Waals surface area contributed by atoms with Gasteiger partial charge in [0.15, 0.2) is 0 Å². The molecule has 2 N–H and O–H groups in total. The number of halogens is 3. The first-order valence-electron chi connectivity index (χ1n) is 6.25. The fourth-order valence-corrected chi connectivity index (χ4v) is 3.00. The predicted octanol–water partition coefficient (Wildman–Crippen LogP) is 5.17. The lowest BCUT2D eigenvalue weighted by Gasteiger charge is -2.15. The van der Waals surface area contributed by atoms with Gasteiger partial charge in [-0.25, -0.2) is 0 Å². The van der Waals surface area contributed by atoms with Gasteiger partial charge in [0.1, 0.15) is 17.2 Å². The minimum atomic E-state index is 0.532. The summed E-state index contributed by atoms with van der Waals surface area (Å²) in [6, 6.07) is 9.31. The summed E-state index contributed by atoms with van der Waals surface area (Å²) in [5.74, 6) is 1.99. The Morgan fingerprint density at radius 1 is 1.14 bits per heavy atom. The van der Waals surface area contributed by atoms with E-state index in [2.05, 4.69) is 31.9 Å². The first kappa shape index (κ1) is 16.6. The lowest BCUT2D eigenvalue weighted by molar-refractivity contribution is 0.409. The summed E-state index contributed by atoms with van der Waals surface area (Å²) >= 11 is 13.2. The van der Waals surface area contributed by atoms with Crippen LogP contribution in [0.15, 0.2) is 39.3 Å². The maximum absolute atomic E-state index is 6.25. The van der Waals surface area contributed by atoms with Gasteiger partial charge in [0.05, 0.1) is 21.1 Å². The zero-order valence-electron chi connectivity index (χ0n) is 11.3. The van der Waals surface area contributed by atoms with Crippen molar-refractivity contribution in [2.75, 3.05) is 13.7 Å². The van der Waals surface area contributed by atoms with Crippen molar-refractivity contribution in [3.8, 4) is 17.2 Å². The SMILES string of the molecule is COc1cc(Br)c(Oc2c(Cl)cccc2CCN)cc1Br. The molecule has 0 heterocycles. The van der Waals surface area contributed by atoms with E-state index in [1.807, 2.05) is 24.3 Å². The molecule has 21 heavy (non-hydrogen) atoms. The van der Waals surface area contributed by atoms with Crippen LogP contribution in [0.5, 0.6) is 17.2 Å². The highest BCUT2D eigenvalue weighted by atomic mass is 79.9. The molecule has 0 radical (unpaired) electrons. The molecule has 2 aromatic carbocycles. The molecule has 0 aromatic heterocycles. The molecule has 0 aliphatic carbocycles. The van der Waals surface area contributed by atoms with Gasteiger partial charge in [0, 0.05) is 0 Å². The van der Waals surface area contributed by atoms with Crippen LogP contribution in [0.25, 0.3) is 0 Å². The van der Waals surface area contributed by atoms with Gasteiger partial charge in [-0.15, -0.1) is 0 Å². The second-order valence-electron chi connectivity index (χ2n) is 4.29. The molecule has 0 unspecified atom stereocenters. The lowest BCUT2D eigenvalue weighted by Crippen LogP contribution is -2.04. The standard InChI is InChI=1S/C15H14Br2ClNO2/c1-20-13-7-11(17)14(8-10(13)16)21-15-9(5-6-19)3-2-4-12(15)18/h2-4,7-8H,5-6,19H2,1H3. The summed E-state index contributed by atoms with van der Waals surface area (Å²) in [6.07, 6.45) is 0.699. The lowest BCUT2D eigenvalue weighted by atomic mass is 10.1. The maximum atomic E-state index is 6.25. The van der Waals surface area contributed by atoms with Crippen LogP contribution < -0.4 is 15.2 Å². The monoisotopic (exact) mass is 433 g/mol. The van der Waals surface area contributed by atoms with E-state index in [4.69, 9.17) is 26.8 Å². The molecular formula is C15H14Br2ClNO2. The van der Waals surface area contributed by atoms with Crippen molar-refractivity contribution in [3.05, 3.63) is 49.9 Å². The molecule has 0 saturated carbocycles. The normalized spacial score (nSPS) is 10.5. The highest BCUT2D eigenvalue weighted by Gasteiger charge is 2.13. The van der Waals surface area contributed by atoms with E-state index < -0.39 is 0 Å². The number of ether oxygens (including phenoxy) is 2. The van der Waals surface area contributed by atoms with Crippen molar-refractivity contribution in [2.45, 2.75) is 6.42 Å². The second-order valence-corrected chi connectivity index (χ2v) is 6.40. The fraction of sp³-hybridized carbons (Fsp3) is 0.200. The van der Waals surface area contributed by atoms with Crippen LogP contribution in [-0.2, 0) is 6.42 Å². The van der Waals surface area contributed by atoms with E-state index in [-0.39, 0.29) is 0 Å². The highest BCUT2D eigenvalue weighted by Crippen LogP contribution is 2.40. The molecule has 0 fully saturated rings. The van der Waals surface area contributed by atoms with Gasteiger partial charge in [-0.3, -0.25) is 0 Å². The van der Waals surface area contributed by atoms with Crippen molar-refractivity contribution in [1.29, 1.82) is 0 Å². The Bertz CT molecular complexity index is 650. The van der Waals surface area contributed by atoms with Crippen LogP contribution in [0.2, 0.25) is 5.02 Å². The van der Waals surface area contributed by atoms with Crippen molar-refractivity contribution in [3.63, 3.8) is 0 Å². The molecule has 6 heteroatoms. The summed E-state index contributed by atoms with van der Waals surface area (Å²) in [5.41, 5.74) is 6.61. The molecule has 0 saturated heterocycles. The Hall–Kier alpha value is -0.750. The number of benzene rings is 2. The van der Waals surface area contributed by atoms with Gasteiger partial charge in [0.2, 0.25) is 0 Å². The predicted molar refractivity (Wildman–Crippen MR) is 92.7 cm³/mol. The minimum absolute atomic E-state index is 0.532. The number of nitrogens with two attached hydrogens (primary N) is 1. The third-order valence-electron chi connectivity index (χ3n) is 2.88. The van der Waals surface area contributed by atoms with Crippen molar-refractivity contribution >= 4 is 43.5 Å². The smallest absolute Gasteiger partial charge is 0.149 e. The number of hydrogen-bond acceptors (Lipinski definition) is 3. The molecule has 0 atom stereocenters. The van der Waals surface area contributed by atoms with Crippen LogP contribution >= 0.6 is 43.5 Å². The van der Waals surface area contributed by atoms with Crippen molar-refractivity contribution in [2.24, 2.45) is 5.73 Å². The zero-order valence-corrected chi connectivity index (χ0v) is 15.3. The van der Waals surface area contributed by atoms with Crippen LogP contribution in [0, 0.1) is 0 Å². The van der Waals surface area contributed by atoms with E-state index >= 15 is 0 Å². The van der Waals surface area contributed by atoms with Gasteiger partial charge in [-0.05, 0) is 68.6 Å². The summed E-state index contributed by atoms with van der Waals surface area (Å²) in [6.45, 7) is 0.532. The molecule has 0 amide bonds. The van der Waals surface area contributed by atoms with Crippen molar-refractivity contribution in [1.82, 2.24) is 0 Å². The third kappa shape index (κ3) is 3.92. The second kappa shape index (κ2) is 7.49. The molecule has 0 spiro atoms. The Labute approximate surface area is 145 Å². The first-order chi connectivity index (χ1) is 10.1. The van der Waals surface area contributed by atoms with Crippen LogP contribution in [0.3, 0.4) is 0 Å². The summed E-state index contributed by atoms with van der Waals surface area (Å²) in [4.78, 5) is 0. The molecule has 3 nitrogen and oxygen atoms in total. The van der Waals surface area contributed by atoms with Gasteiger partial charge >= 0.3 is 0 Å². The molecule has 112 valence electrons. The van der Waals surface area contributed by atoms with Gasteiger partial charge in [-0.1, -0.05) is 23.7 Å². The summed E-state index contributed by atoms with van der Waals surface area (Å²) in [7, 11) is 1.61. The van der Waals surface area contributed by atoms with E-state index in [9.17, 15) is 0 Å². The number of methoxy groups -OCH3 is 1. The van der Waals surface area contributed by atoms with Crippen LogP contribution in [-0.4, -0.2) is 13.7 Å². The number of hydrogen-bond donors (Lipinski definition) is 1. The average molecular weight is 436 g/mol. The van der Waals surface area contributed by atoms with Gasteiger partial charge in [-0.2, -0.15) is 0 Å². The number of rotatable bonds is 5. The Morgan fingerprint density at radius 2 is 1.81 bits per heavy atom. The molecule has 2 aromatic rings. The largest absolute Gasteiger partial charge is 0.496 e. The fourth-order valence-electron chi connectivity index (χ4n) is 1.88. The van der Waals surface area contributed by atoms with Gasteiger partial charge < -0.3 is 15.2 Å². The van der Waals surface area contributed by atoms with Crippen LogP contribution in [0.1, 0.15) is 5.56 Å². The van der Waals surface area contributed by atoms with E-state index in [0.717, 1.165) is 20.3 Å². The first-order valence-corrected chi connectivity index (χ1v) is 8.21. The van der Waals surface area contributed by atoms with Gasteiger partial charge in [0.25, 0.3) is 0 Å². The topological polar surface area (TPSA) is 44.5 Å². The Kier molecular flexibility index (Phi) is 5.93. The van der Waals surface area contributed by atoms with E-state index in [1.165, 1.54) is 0 Å². The highest BCUT2D eigenvalue weighted by molar-refractivity contribution is 9.11. The quantitative estimate of drug-likeness (QED) is 0.705. The molecule has 0 aliphatic heterocycles. The molecule has 0 aliphatic rings. The van der Waals surface area contributed by atoms with Crippen LogP contribution in [0.4, 0.5) is 0 Å². The third-order valence-corrected chi connectivity index (χ3v) is 4.42. The zero-order chi connectivity index (χ0) is 15.4.